The molecule has 1 aliphatic heterocycles. The Labute approximate surface area is 137 Å². The maximum atomic E-state index is 13.3. The predicted octanol–water partition coefficient (Wildman–Crippen LogP) is 2.32. The second kappa shape index (κ2) is 6.97. The number of benzene rings is 1. The van der Waals surface area contributed by atoms with Gasteiger partial charge in [0.1, 0.15) is 5.82 Å². The van der Waals surface area contributed by atoms with E-state index in [0.29, 0.717) is 30.2 Å². The summed E-state index contributed by atoms with van der Waals surface area (Å²) in [5.41, 5.74) is 1.29. The Balaban J connectivity index is 1.73. The van der Waals surface area contributed by atoms with Crippen molar-refractivity contribution in [3.8, 4) is 0 Å². The first-order valence-corrected chi connectivity index (χ1v) is 8.38. The molecule has 0 aromatic heterocycles. The number of likely N-dealkylation sites (N-methyl/N-ethyl adjacent to an activating group) is 1. The molecule has 126 valence electrons. The molecule has 23 heavy (non-hydrogen) atoms. The lowest BCUT2D eigenvalue weighted by Crippen LogP contribution is -2.48. The molecule has 1 amide bonds. The van der Waals surface area contributed by atoms with Gasteiger partial charge in [0.2, 0.25) is 0 Å². The summed E-state index contributed by atoms with van der Waals surface area (Å²) in [6.45, 7) is 5.66. The summed E-state index contributed by atoms with van der Waals surface area (Å²) in [6, 6.07) is 4.38. The van der Waals surface area contributed by atoms with Gasteiger partial charge in [-0.15, -0.1) is 0 Å². The summed E-state index contributed by atoms with van der Waals surface area (Å²) in [6.07, 6.45) is 2.44. The zero-order chi connectivity index (χ0) is 16.4. The molecule has 2 aliphatic rings. The molecule has 0 radical (unpaired) electrons. The number of halogens is 1. The van der Waals surface area contributed by atoms with Gasteiger partial charge in [0.05, 0.1) is 12.7 Å². The van der Waals surface area contributed by atoms with Crippen LogP contribution in [0.4, 0.5) is 4.39 Å². The molecule has 1 saturated heterocycles. The predicted molar refractivity (Wildman–Crippen MR) is 87.0 cm³/mol. The van der Waals surface area contributed by atoms with Crippen LogP contribution in [-0.2, 0) is 4.74 Å². The Kier molecular flexibility index (Phi) is 4.97. The highest BCUT2D eigenvalue weighted by Crippen LogP contribution is 2.30. The van der Waals surface area contributed by atoms with Crippen LogP contribution in [0.3, 0.4) is 0 Å². The van der Waals surface area contributed by atoms with Crippen molar-refractivity contribution in [1.82, 2.24) is 9.80 Å². The van der Waals surface area contributed by atoms with Gasteiger partial charge < -0.3 is 14.5 Å². The third-order valence-corrected chi connectivity index (χ3v) is 4.65. The quantitative estimate of drug-likeness (QED) is 0.835. The number of hydrogen-bond donors (Lipinski definition) is 0. The second-order valence-corrected chi connectivity index (χ2v) is 6.87. The highest BCUT2D eigenvalue weighted by molar-refractivity contribution is 5.95. The van der Waals surface area contributed by atoms with E-state index in [9.17, 15) is 9.18 Å². The molecule has 1 heterocycles. The number of carbonyl (C=O) groups excluding carboxylic acids is 1. The summed E-state index contributed by atoms with van der Waals surface area (Å²) in [5, 5.41) is 0. The molecule has 0 bridgehead atoms. The standard InChI is InChI=1S/C18H25FN2O2/c1-13-9-15(19)5-6-17(13)18(22)21(10-14-3-4-14)12-16-11-20(2)7-8-23-16/h5-6,9,14,16H,3-4,7-8,10-12H2,1-2H3/t16-/m1/s1. The Morgan fingerprint density at radius 1 is 1.39 bits per heavy atom. The third-order valence-electron chi connectivity index (χ3n) is 4.65. The van der Waals surface area contributed by atoms with Gasteiger partial charge in [-0.2, -0.15) is 0 Å². The minimum absolute atomic E-state index is 0.00812. The van der Waals surface area contributed by atoms with Crippen LogP contribution in [0.1, 0.15) is 28.8 Å². The smallest absolute Gasteiger partial charge is 0.254 e. The number of aryl methyl sites for hydroxylation is 1. The lowest BCUT2D eigenvalue weighted by molar-refractivity contribution is -0.0331. The van der Waals surface area contributed by atoms with Gasteiger partial charge in [0.15, 0.2) is 0 Å². The molecule has 1 atom stereocenters. The molecule has 3 rings (SSSR count). The summed E-state index contributed by atoms with van der Waals surface area (Å²) in [4.78, 5) is 17.1. The fourth-order valence-electron chi connectivity index (χ4n) is 3.11. The van der Waals surface area contributed by atoms with Crippen LogP contribution in [0.25, 0.3) is 0 Å². The zero-order valence-corrected chi connectivity index (χ0v) is 13.9. The molecule has 0 spiro atoms. The minimum atomic E-state index is -0.301. The number of morpholine rings is 1. The van der Waals surface area contributed by atoms with Crippen LogP contribution in [0, 0.1) is 18.7 Å². The number of rotatable bonds is 5. The van der Waals surface area contributed by atoms with Crippen LogP contribution in [-0.4, -0.2) is 61.6 Å². The van der Waals surface area contributed by atoms with Crippen LogP contribution in [0.2, 0.25) is 0 Å². The Morgan fingerprint density at radius 2 is 2.17 bits per heavy atom. The van der Waals surface area contributed by atoms with E-state index in [4.69, 9.17) is 4.74 Å². The van der Waals surface area contributed by atoms with Crippen molar-refractivity contribution in [3.05, 3.63) is 35.1 Å². The third kappa shape index (κ3) is 4.30. The largest absolute Gasteiger partial charge is 0.374 e. The van der Waals surface area contributed by atoms with Gasteiger partial charge >= 0.3 is 0 Å². The molecule has 0 N–H and O–H groups in total. The van der Waals surface area contributed by atoms with Crippen molar-refractivity contribution >= 4 is 5.91 Å². The van der Waals surface area contributed by atoms with E-state index in [1.54, 1.807) is 13.0 Å². The Bertz CT molecular complexity index is 574. The van der Waals surface area contributed by atoms with Crippen molar-refractivity contribution in [2.45, 2.75) is 25.9 Å². The van der Waals surface area contributed by atoms with Gasteiger partial charge in [0, 0.05) is 31.7 Å². The van der Waals surface area contributed by atoms with E-state index in [1.165, 1.54) is 25.0 Å². The van der Waals surface area contributed by atoms with E-state index in [2.05, 4.69) is 11.9 Å². The average molecular weight is 320 g/mol. The molecule has 5 heteroatoms. The molecule has 4 nitrogen and oxygen atoms in total. The monoisotopic (exact) mass is 320 g/mol. The normalized spacial score (nSPS) is 22.1. The fourth-order valence-corrected chi connectivity index (χ4v) is 3.11. The Hall–Kier alpha value is -1.46. The molecular formula is C18H25FN2O2. The number of nitrogens with zero attached hydrogens (tertiary/aromatic N) is 2. The maximum Gasteiger partial charge on any atom is 0.254 e. The summed E-state index contributed by atoms with van der Waals surface area (Å²) in [5.74, 6) is 0.303. The van der Waals surface area contributed by atoms with Crippen molar-refractivity contribution in [2.75, 3.05) is 39.8 Å². The topological polar surface area (TPSA) is 32.8 Å². The average Bonchev–Trinajstić information content (AvgIpc) is 3.30. The van der Waals surface area contributed by atoms with Crippen molar-refractivity contribution < 1.29 is 13.9 Å². The molecule has 2 fully saturated rings. The lowest BCUT2D eigenvalue weighted by atomic mass is 10.1. The van der Waals surface area contributed by atoms with Crippen LogP contribution >= 0.6 is 0 Å². The maximum absolute atomic E-state index is 13.3. The summed E-state index contributed by atoms with van der Waals surface area (Å²) in [7, 11) is 2.08. The van der Waals surface area contributed by atoms with Crippen LogP contribution < -0.4 is 0 Å². The first-order valence-electron chi connectivity index (χ1n) is 8.38. The van der Waals surface area contributed by atoms with Gasteiger partial charge in [0.25, 0.3) is 5.91 Å². The van der Waals surface area contributed by atoms with Gasteiger partial charge in [-0.25, -0.2) is 4.39 Å². The zero-order valence-electron chi connectivity index (χ0n) is 13.9. The number of carbonyl (C=O) groups is 1. The molecule has 0 unspecified atom stereocenters. The molecule has 1 saturated carbocycles. The van der Waals surface area contributed by atoms with E-state index >= 15 is 0 Å². The number of hydrogen-bond acceptors (Lipinski definition) is 3. The first-order chi connectivity index (χ1) is 11.0. The van der Waals surface area contributed by atoms with Crippen molar-refractivity contribution in [1.29, 1.82) is 0 Å². The van der Waals surface area contributed by atoms with Gasteiger partial charge in [-0.05, 0) is 56.5 Å². The van der Waals surface area contributed by atoms with Crippen molar-refractivity contribution in [3.63, 3.8) is 0 Å². The first kappa shape index (κ1) is 16.4. The van der Waals surface area contributed by atoms with E-state index in [1.807, 2.05) is 4.90 Å². The number of ether oxygens (including phenoxy) is 1. The summed E-state index contributed by atoms with van der Waals surface area (Å²) < 4.78 is 19.1. The number of amides is 1. The second-order valence-electron chi connectivity index (χ2n) is 6.87. The lowest BCUT2D eigenvalue weighted by Gasteiger charge is -2.34. The van der Waals surface area contributed by atoms with Gasteiger partial charge in [-0.1, -0.05) is 0 Å². The van der Waals surface area contributed by atoms with Crippen LogP contribution in [0.5, 0.6) is 0 Å². The molecule has 1 aromatic carbocycles. The summed E-state index contributed by atoms with van der Waals surface area (Å²) >= 11 is 0. The van der Waals surface area contributed by atoms with Gasteiger partial charge in [-0.3, -0.25) is 4.79 Å². The molecule has 1 aromatic rings. The highest BCUT2D eigenvalue weighted by atomic mass is 19.1. The van der Waals surface area contributed by atoms with E-state index < -0.39 is 0 Å². The fraction of sp³-hybridized carbons (Fsp3) is 0.611. The van der Waals surface area contributed by atoms with Crippen LogP contribution in [0.15, 0.2) is 18.2 Å². The van der Waals surface area contributed by atoms with Crippen molar-refractivity contribution in [2.24, 2.45) is 5.92 Å². The SMILES string of the molecule is Cc1cc(F)ccc1C(=O)N(CC1CC1)C[C@H]1CN(C)CCO1. The minimum Gasteiger partial charge on any atom is -0.374 e. The molecule has 1 aliphatic carbocycles. The Morgan fingerprint density at radius 3 is 2.83 bits per heavy atom. The van der Waals surface area contributed by atoms with E-state index in [0.717, 1.165) is 19.6 Å². The molecular weight excluding hydrogens is 295 g/mol. The van der Waals surface area contributed by atoms with E-state index in [-0.39, 0.29) is 17.8 Å². The highest BCUT2D eigenvalue weighted by Gasteiger charge is 2.30.